The van der Waals surface area contributed by atoms with Crippen molar-refractivity contribution in [2.24, 2.45) is 0 Å². The first-order chi connectivity index (χ1) is 10.1. The van der Waals surface area contributed by atoms with E-state index in [1.807, 2.05) is 29.9 Å². The second-order valence-electron chi connectivity index (χ2n) is 5.06. The van der Waals surface area contributed by atoms with Gasteiger partial charge in [0.25, 0.3) is 0 Å². The van der Waals surface area contributed by atoms with Gasteiger partial charge in [-0.2, -0.15) is 5.10 Å². The lowest BCUT2D eigenvalue weighted by Crippen LogP contribution is -2.03. The minimum Gasteiger partial charge on any atom is -0.496 e. The van der Waals surface area contributed by atoms with Crippen molar-refractivity contribution in [2.45, 2.75) is 26.8 Å². The van der Waals surface area contributed by atoms with Crippen LogP contribution in [0.3, 0.4) is 0 Å². The maximum Gasteiger partial charge on any atom is 0.130 e. The topological polar surface area (TPSA) is 36.3 Å². The van der Waals surface area contributed by atoms with Crippen molar-refractivity contribution >= 4 is 5.57 Å². The van der Waals surface area contributed by atoms with Gasteiger partial charge in [-0.15, -0.1) is 0 Å². The van der Waals surface area contributed by atoms with Crippen molar-refractivity contribution < 1.29 is 9.47 Å². The van der Waals surface area contributed by atoms with Gasteiger partial charge in [-0.25, -0.2) is 0 Å². The maximum atomic E-state index is 5.48. The second-order valence-corrected chi connectivity index (χ2v) is 5.06. The van der Waals surface area contributed by atoms with E-state index in [0.29, 0.717) is 6.54 Å². The van der Waals surface area contributed by atoms with Gasteiger partial charge < -0.3 is 9.47 Å². The van der Waals surface area contributed by atoms with E-state index in [1.54, 1.807) is 14.2 Å². The zero-order valence-electron chi connectivity index (χ0n) is 13.1. The number of rotatable bonds is 6. The van der Waals surface area contributed by atoms with Crippen molar-refractivity contribution in [1.29, 1.82) is 0 Å². The molecule has 0 aliphatic heterocycles. The van der Waals surface area contributed by atoms with Crippen LogP contribution in [0.5, 0.6) is 11.5 Å². The third kappa shape index (κ3) is 3.27. The Balaban J connectivity index is 2.38. The molecule has 0 amide bonds. The first-order valence-corrected chi connectivity index (χ1v) is 7.01. The predicted octanol–water partition coefficient (Wildman–Crippen LogP) is 3.54. The monoisotopic (exact) mass is 286 g/mol. The average Bonchev–Trinajstić information content (AvgIpc) is 2.93. The minimum absolute atomic E-state index is 0.684. The van der Waals surface area contributed by atoms with Gasteiger partial charge >= 0.3 is 0 Å². The number of aryl methyl sites for hydroxylation is 1. The van der Waals surface area contributed by atoms with Crippen molar-refractivity contribution in [2.75, 3.05) is 14.2 Å². The summed E-state index contributed by atoms with van der Waals surface area (Å²) in [5.74, 6) is 1.56. The Morgan fingerprint density at radius 3 is 2.24 bits per heavy atom. The molecule has 0 saturated carbocycles. The van der Waals surface area contributed by atoms with Gasteiger partial charge in [-0.3, -0.25) is 4.68 Å². The molecule has 0 atom stereocenters. The van der Waals surface area contributed by atoms with E-state index in [9.17, 15) is 0 Å². The number of aromatic nitrogens is 2. The van der Waals surface area contributed by atoms with Gasteiger partial charge in [0, 0.05) is 6.20 Å². The normalized spacial score (nSPS) is 10.5. The Labute approximate surface area is 126 Å². The molecule has 1 aromatic carbocycles. The number of methoxy groups -OCH3 is 2. The van der Waals surface area contributed by atoms with E-state index in [1.165, 1.54) is 5.56 Å². The fourth-order valence-electron chi connectivity index (χ4n) is 2.34. The van der Waals surface area contributed by atoms with Crippen LogP contribution in [0.4, 0.5) is 0 Å². The van der Waals surface area contributed by atoms with Gasteiger partial charge in [-0.05, 0) is 42.2 Å². The first kappa shape index (κ1) is 15.2. The molecule has 1 aromatic heterocycles. The van der Waals surface area contributed by atoms with E-state index in [2.05, 4.69) is 24.8 Å². The zero-order valence-corrected chi connectivity index (χ0v) is 13.1. The van der Waals surface area contributed by atoms with Gasteiger partial charge in [0.15, 0.2) is 0 Å². The standard InChI is InChI=1S/C17H22N2O2/c1-6-13-9-18-19(10-13)11-14-7-15(20-4)17(12(2)3)16(8-14)21-5/h7-10H,2,6,11H2,1,3-5H3. The molecule has 4 nitrogen and oxygen atoms in total. The molecule has 2 rings (SSSR count). The minimum atomic E-state index is 0.684. The molecule has 0 saturated heterocycles. The molecule has 0 fully saturated rings. The van der Waals surface area contributed by atoms with E-state index in [-0.39, 0.29) is 0 Å². The van der Waals surface area contributed by atoms with E-state index >= 15 is 0 Å². The summed E-state index contributed by atoms with van der Waals surface area (Å²) in [5, 5.41) is 4.37. The molecule has 0 aliphatic rings. The highest BCUT2D eigenvalue weighted by atomic mass is 16.5. The highest BCUT2D eigenvalue weighted by Gasteiger charge is 2.13. The Hall–Kier alpha value is -2.23. The molecular weight excluding hydrogens is 264 g/mol. The Morgan fingerprint density at radius 1 is 1.19 bits per heavy atom. The molecule has 4 heteroatoms. The van der Waals surface area contributed by atoms with Gasteiger partial charge in [0.1, 0.15) is 11.5 Å². The van der Waals surface area contributed by atoms with Crippen LogP contribution in [0, 0.1) is 0 Å². The van der Waals surface area contributed by atoms with Gasteiger partial charge in [0.2, 0.25) is 0 Å². The van der Waals surface area contributed by atoms with Crippen LogP contribution in [0.2, 0.25) is 0 Å². The molecule has 2 aromatic rings. The summed E-state index contributed by atoms with van der Waals surface area (Å²) in [6, 6.07) is 4.03. The van der Waals surface area contributed by atoms with Gasteiger partial charge in [0.05, 0.1) is 32.5 Å². The SMILES string of the molecule is C=C(C)c1c(OC)cc(Cn2cc(CC)cn2)cc1OC. The lowest BCUT2D eigenvalue weighted by atomic mass is 10.0. The summed E-state index contributed by atoms with van der Waals surface area (Å²) >= 11 is 0. The molecule has 112 valence electrons. The van der Waals surface area contributed by atoms with Crippen LogP contribution < -0.4 is 9.47 Å². The number of hydrogen-bond acceptors (Lipinski definition) is 3. The molecule has 0 N–H and O–H groups in total. The smallest absolute Gasteiger partial charge is 0.130 e. The molecule has 1 heterocycles. The third-order valence-electron chi connectivity index (χ3n) is 3.43. The summed E-state index contributed by atoms with van der Waals surface area (Å²) < 4.78 is 12.9. The van der Waals surface area contributed by atoms with Crippen LogP contribution in [0.15, 0.2) is 31.1 Å². The largest absolute Gasteiger partial charge is 0.496 e. The number of nitrogens with zero attached hydrogens (tertiary/aromatic N) is 2. The highest BCUT2D eigenvalue weighted by Crippen LogP contribution is 2.35. The van der Waals surface area contributed by atoms with Crippen LogP contribution in [-0.2, 0) is 13.0 Å². The van der Waals surface area contributed by atoms with Crippen LogP contribution in [0.25, 0.3) is 5.57 Å². The number of allylic oxidation sites excluding steroid dienone is 1. The summed E-state index contributed by atoms with van der Waals surface area (Å²) in [5.41, 5.74) is 4.15. The lowest BCUT2D eigenvalue weighted by Gasteiger charge is -2.15. The Kier molecular flexibility index (Phi) is 4.68. The molecular formula is C17H22N2O2. The molecule has 21 heavy (non-hydrogen) atoms. The molecule has 0 aliphatic carbocycles. The number of ether oxygens (including phenoxy) is 2. The summed E-state index contributed by atoms with van der Waals surface area (Å²) in [7, 11) is 3.32. The van der Waals surface area contributed by atoms with Gasteiger partial charge in [-0.1, -0.05) is 13.5 Å². The Bertz CT molecular complexity index is 619. The first-order valence-electron chi connectivity index (χ1n) is 7.01. The van der Waals surface area contributed by atoms with Crippen molar-refractivity contribution in [3.8, 4) is 11.5 Å². The predicted molar refractivity (Wildman–Crippen MR) is 85.0 cm³/mol. The highest BCUT2D eigenvalue weighted by molar-refractivity contribution is 5.73. The summed E-state index contributed by atoms with van der Waals surface area (Å²) in [6.45, 7) is 8.74. The summed E-state index contributed by atoms with van der Waals surface area (Å²) in [6.07, 6.45) is 4.95. The van der Waals surface area contributed by atoms with Crippen LogP contribution >= 0.6 is 0 Å². The number of hydrogen-bond donors (Lipinski definition) is 0. The van der Waals surface area contributed by atoms with E-state index < -0.39 is 0 Å². The zero-order chi connectivity index (χ0) is 15.4. The fourth-order valence-corrected chi connectivity index (χ4v) is 2.34. The average molecular weight is 286 g/mol. The maximum absolute atomic E-state index is 5.48. The van der Waals surface area contributed by atoms with Crippen molar-refractivity contribution in [1.82, 2.24) is 9.78 Å². The number of benzene rings is 1. The third-order valence-corrected chi connectivity index (χ3v) is 3.43. The van der Waals surface area contributed by atoms with E-state index in [4.69, 9.17) is 9.47 Å². The van der Waals surface area contributed by atoms with Crippen molar-refractivity contribution in [3.05, 3.63) is 47.8 Å². The quantitative estimate of drug-likeness (QED) is 0.815. The fraction of sp³-hybridized carbons (Fsp3) is 0.353. The van der Waals surface area contributed by atoms with E-state index in [0.717, 1.165) is 34.6 Å². The summed E-state index contributed by atoms with van der Waals surface area (Å²) in [4.78, 5) is 0. The molecule has 0 spiro atoms. The molecule has 0 bridgehead atoms. The second kappa shape index (κ2) is 6.48. The lowest BCUT2D eigenvalue weighted by molar-refractivity contribution is 0.390. The molecule has 0 unspecified atom stereocenters. The van der Waals surface area contributed by atoms with Crippen LogP contribution in [0.1, 0.15) is 30.5 Å². The molecule has 0 radical (unpaired) electrons. The Morgan fingerprint density at radius 2 is 1.81 bits per heavy atom. The van der Waals surface area contributed by atoms with Crippen LogP contribution in [-0.4, -0.2) is 24.0 Å². The van der Waals surface area contributed by atoms with Crippen molar-refractivity contribution in [3.63, 3.8) is 0 Å².